The van der Waals surface area contributed by atoms with Crippen molar-refractivity contribution in [1.82, 2.24) is 5.32 Å². The summed E-state index contributed by atoms with van der Waals surface area (Å²) in [5.74, 6) is 0. The molecule has 1 amide bonds. The van der Waals surface area contributed by atoms with Crippen LogP contribution in [0.15, 0.2) is 24.3 Å². The molecule has 3 N–H and O–H groups in total. The van der Waals surface area contributed by atoms with E-state index in [0.29, 0.717) is 17.8 Å². The zero-order valence-corrected chi connectivity index (χ0v) is 11.9. The second-order valence-electron chi connectivity index (χ2n) is 5.24. The number of carbonyl (C=O) groups excluding carboxylic acids is 1. The average Bonchev–Trinajstić information content (AvgIpc) is 2.33. The molecule has 0 aliphatic rings. The number of benzene rings is 1. The Balaban J connectivity index is 2.56. The van der Waals surface area contributed by atoms with Gasteiger partial charge < -0.3 is 15.8 Å². The fourth-order valence-electron chi connectivity index (χ4n) is 1.46. The molecular weight excluding hydrogens is 254 g/mol. The predicted molar refractivity (Wildman–Crippen MR) is 78.8 cm³/mol. The van der Waals surface area contributed by atoms with E-state index in [0.717, 1.165) is 5.56 Å². The van der Waals surface area contributed by atoms with Crippen LogP contribution in [-0.4, -0.2) is 18.2 Å². The Bertz CT molecular complexity index is 551. The summed E-state index contributed by atoms with van der Waals surface area (Å²) in [4.78, 5) is 11.4. The highest BCUT2D eigenvalue weighted by molar-refractivity contribution is 5.68. The average molecular weight is 273 g/mol. The molecule has 0 atom stereocenters. The van der Waals surface area contributed by atoms with Crippen molar-refractivity contribution in [3.05, 3.63) is 35.4 Å². The van der Waals surface area contributed by atoms with E-state index in [-0.39, 0.29) is 0 Å². The minimum atomic E-state index is -0.518. The number of ether oxygens (including phenoxy) is 1. The van der Waals surface area contributed by atoms with E-state index in [4.69, 9.17) is 15.7 Å². The number of alkyl carbamates (subject to hydrolysis) is 1. The van der Waals surface area contributed by atoms with Crippen molar-refractivity contribution in [2.24, 2.45) is 0 Å². The van der Waals surface area contributed by atoms with Crippen molar-refractivity contribution in [2.75, 3.05) is 12.3 Å². The summed E-state index contributed by atoms with van der Waals surface area (Å²) < 4.78 is 5.10. The van der Waals surface area contributed by atoms with Crippen molar-refractivity contribution in [3.8, 4) is 6.07 Å². The quantitative estimate of drug-likeness (QED) is 0.829. The van der Waals surface area contributed by atoms with E-state index in [2.05, 4.69) is 11.4 Å². The largest absolute Gasteiger partial charge is 0.444 e. The molecule has 0 bridgehead atoms. The van der Waals surface area contributed by atoms with Gasteiger partial charge in [-0.15, -0.1) is 0 Å². The van der Waals surface area contributed by atoms with Gasteiger partial charge in [0.2, 0.25) is 0 Å². The lowest BCUT2D eigenvalue weighted by Gasteiger charge is -2.19. The number of nitrogen functional groups attached to an aromatic ring is 1. The molecule has 0 unspecified atom stereocenters. The van der Waals surface area contributed by atoms with Crippen LogP contribution >= 0.6 is 0 Å². The van der Waals surface area contributed by atoms with Crippen molar-refractivity contribution in [1.29, 1.82) is 5.26 Å². The van der Waals surface area contributed by atoms with Gasteiger partial charge in [-0.05, 0) is 44.5 Å². The maximum Gasteiger partial charge on any atom is 0.407 e. The topological polar surface area (TPSA) is 88.1 Å². The highest BCUT2D eigenvalue weighted by atomic mass is 16.6. The number of nitrogens with two attached hydrogens (primary N) is 1. The lowest BCUT2D eigenvalue weighted by molar-refractivity contribution is 0.0534. The summed E-state index contributed by atoms with van der Waals surface area (Å²) in [6, 6.07) is 7.13. The van der Waals surface area contributed by atoms with Crippen LogP contribution in [0, 0.1) is 11.3 Å². The molecule has 0 saturated heterocycles. The molecule has 0 aliphatic heterocycles. The van der Waals surface area contributed by atoms with Crippen molar-refractivity contribution < 1.29 is 9.53 Å². The number of nitriles is 1. The van der Waals surface area contributed by atoms with Crippen LogP contribution in [0.5, 0.6) is 0 Å². The van der Waals surface area contributed by atoms with Gasteiger partial charge in [-0.25, -0.2) is 4.79 Å². The van der Waals surface area contributed by atoms with E-state index in [9.17, 15) is 4.79 Å². The van der Waals surface area contributed by atoms with Gasteiger partial charge in [-0.2, -0.15) is 5.26 Å². The first-order chi connectivity index (χ1) is 9.31. The van der Waals surface area contributed by atoms with E-state index < -0.39 is 11.7 Å². The van der Waals surface area contributed by atoms with Crippen LogP contribution in [0.25, 0.3) is 6.08 Å². The van der Waals surface area contributed by atoms with Crippen LogP contribution in [0.4, 0.5) is 10.5 Å². The number of hydrogen-bond donors (Lipinski definition) is 2. The van der Waals surface area contributed by atoms with Crippen LogP contribution in [0.3, 0.4) is 0 Å². The first-order valence-electron chi connectivity index (χ1n) is 6.25. The van der Waals surface area contributed by atoms with Crippen molar-refractivity contribution in [2.45, 2.75) is 26.4 Å². The molecule has 5 heteroatoms. The molecular formula is C15H19N3O2. The third-order valence-electron chi connectivity index (χ3n) is 2.26. The standard InChI is InChI=1S/C15H19N3O2/c1-15(2,3)20-14(19)18-8-4-5-11-9-13(17)7-6-12(11)10-16/h4-7,9H,8,17H2,1-3H3,(H,18,19). The van der Waals surface area contributed by atoms with Gasteiger partial charge in [0.25, 0.3) is 0 Å². The second kappa shape index (κ2) is 6.62. The molecule has 0 radical (unpaired) electrons. The minimum Gasteiger partial charge on any atom is -0.444 e. The van der Waals surface area contributed by atoms with Gasteiger partial charge in [0, 0.05) is 12.2 Å². The van der Waals surface area contributed by atoms with Gasteiger partial charge in [0.15, 0.2) is 0 Å². The molecule has 0 heterocycles. The maximum absolute atomic E-state index is 11.4. The molecule has 0 saturated carbocycles. The number of amides is 1. The number of carbonyl (C=O) groups is 1. The summed E-state index contributed by atoms with van der Waals surface area (Å²) in [6.45, 7) is 5.71. The Labute approximate surface area is 119 Å². The monoisotopic (exact) mass is 273 g/mol. The SMILES string of the molecule is CC(C)(C)OC(=O)NCC=Cc1cc(N)ccc1C#N. The Morgan fingerprint density at radius 3 is 2.80 bits per heavy atom. The summed E-state index contributed by atoms with van der Waals surface area (Å²) in [6.07, 6.45) is 3.00. The van der Waals surface area contributed by atoms with E-state index >= 15 is 0 Å². The maximum atomic E-state index is 11.4. The molecule has 5 nitrogen and oxygen atoms in total. The predicted octanol–water partition coefficient (Wildman–Crippen LogP) is 2.68. The van der Waals surface area contributed by atoms with E-state index in [1.807, 2.05) is 0 Å². The third kappa shape index (κ3) is 5.44. The number of hydrogen-bond acceptors (Lipinski definition) is 4. The lowest BCUT2D eigenvalue weighted by Crippen LogP contribution is -2.32. The Hall–Kier alpha value is -2.48. The molecule has 0 aliphatic carbocycles. The second-order valence-corrected chi connectivity index (χ2v) is 5.24. The summed E-state index contributed by atoms with van der Waals surface area (Å²) in [7, 11) is 0. The van der Waals surface area contributed by atoms with Gasteiger partial charge in [-0.3, -0.25) is 0 Å². The van der Waals surface area contributed by atoms with E-state index in [1.165, 1.54) is 0 Å². The number of nitrogens with one attached hydrogen (secondary N) is 1. The molecule has 0 aromatic heterocycles. The summed E-state index contributed by atoms with van der Waals surface area (Å²) >= 11 is 0. The number of nitrogens with zero attached hydrogens (tertiary/aromatic N) is 1. The van der Waals surface area contributed by atoms with Crippen LogP contribution in [0.2, 0.25) is 0 Å². The van der Waals surface area contributed by atoms with Gasteiger partial charge in [0.1, 0.15) is 5.60 Å². The molecule has 1 rings (SSSR count). The summed E-state index contributed by atoms with van der Waals surface area (Å²) in [5, 5.41) is 11.6. The normalized spacial score (nSPS) is 11.1. The first-order valence-corrected chi connectivity index (χ1v) is 6.25. The molecule has 0 spiro atoms. The number of rotatable bonds is 3. The molecule has 20 heavy (non-hydrogen) atoms. The van der Waals surface area contributed by atoms with E-state index in [1.54, 1.807) is 51.1 Å². The van der Waals surface area contributed by atoms with Crippen LogP contribution in [0.1, 0.15) is 31.9 Å². The highest BCUT2D eigenvalue weighted by Gasteiger charge is 2.14. The molecule has 1 aromatic carbocycles. The highest BCUT2D eigenvalue weighted by Crippen LogP contribution is 2.14. The zero-order valence-electron chi connectivity index (χ0n) is 11.9. The Morgan fingerprint density at radius 2 is 2.20 bits per heavy atom. The van der Waals surface area contributed by atoms with Crippen molar-refractivity contribution >= 4 is 17.9 Å². The smallest absolute Gasteiger partial charge is 0.407 e. The Morgan fingerprint density at radius 1 is 1.50 bits per heavy atom. The minimum absolute atomic E-state index is 0.314. The van der Waals surface area contributed by atoms with Crippen LogP contribution in [-0.2, 0) is 4.74 Å². The fraction of sp³-hybridized carbons (Fsp3) is 0.333. The van der Waals surface area contributed by atoms with Gasteiger partial charge in [0.05, 0.1) is 11.6 Å². The summed E-state index contributed by atoms with van der Waals surface area (Å²) in [5.41, 5.74) is 7.00. The Kier molecular flexibility index (Phi) is 5.15. The molecule has 106 valence electrons. The zero-order chi connectivity index (χ0) is 15.2. The molecule has 0 fully saturated rings. The molecule has 1 aromatic rings. The lowest BCUT2D eigenvalue weighted by atomic mass is 10.1. The van der Waals surface area contributed by atoms with Gasteiger partial charge in [-0.1, -0.05) is 12.2 Å². The number of anilines is 1. The fourth-order valence-corrected chi connectivity index (χ4v) is 1.46. The van der Waals surface area contributed by atoms with Crippen molar-refractivity contribution in [3.63, 3.8) is 0 Å². The van der Waals surface area contributed by atoms with Crippen LogP contribution < -0.4 is 11.1 Å². The first kappa shape index (κ1) is 15.6. The third-order valence-corrected chi connectivity index (χ3v) is 2.26. The van der Waals surface area contributed by atoms with Gasteiger partial charge >= 0.3 is 6.09 Å².